The molecule has 0 amide bonds. The normalized spacial score (nSPS) is 13.6. The van der Waals surface area contributed by atoms with E-state index >= 15 is 0 Å². The maximum absolute atomic E-state index is 14.6. The Bertz CT molecular complexity index is 1590. The number of hydrogen-bond donors (Lipinski definition) is 0. The van der Waals surface area contributed by atoms with E-state index in [1.165, 1.54) is 31.8 Å². The van der Waals surface area contributed by atoms with E-state index in [1.807, 2.05) is 0 Å². The number of anilines is 2. The fraction of sp³-hybridized carbons (Fsp3) is 0.0526. The van der Waals surface area contributed by atoms with E-state index in [1.54, 1.807) is 0 Å². The van der Waals surface area contributed by atoms with Crippen LogP contribution in [0, 0.1) is 0 Å². The molecule has 6 heteroatoms. The lowest BCUT2D eigenvalue weighted by Gasteiger charge is -2.40. The highest BCUT2D eigenvalue weighted by Crippen LogP contribution is 2.50. The van der Waals surface area contributed by atoms with E-state index in [-0.39, 0.29) is 0 Å². The highest BCUT2D eigenvalue weighted by atomic mass is 31.2. The SMILES string of the molecule is [O-]P1N(c2ccccc2P(c2ccccc2)c2ccccc2)CCN1c1ccccc1P(c1ccccc1)c1ccccc1. The number of hydrogen-bond acceptors (Lipinski definition) is 3. The Morgan fingerprint density at radius 2 is 0.659 bits per heavy atom. The van der Waals surface area contributed by atoms with Crippen LogP contribution in [0.2, 0.25) is 0 Å². The lowest BCUT2D eigenvalue weighted by Crippen LogP contribution is -2.30. The predicted molar refractivity (Wildman–Crippen MR) is 192 cm³/mol. The largest absolute Gasteiger partial charge is 0.796 e. The van der Waals surface area contributed by atoms with Gasteiger partial charge in [0.15, 0.2) is 0 Å². The fourth-order valence-electron chi connectivity index (χ4n) is 5.82. The van der Waals surface area contributed by atoms with Crippen LogP contribution in [0.1, 0.15) is 0 Å². The van der Waals surface area contributed by atoms with E-state index in [4.69, 9.17) is 0 Å². The van der Waals surface area contributed by atoms with Crippen molar-refractivity contribution in [3.05, 3.63) is 170 Å². The highest BCUT2D eigenvalue weighted by Gasteiger charge is 2.31. The molecule has 0 atom stereocenters. The monoisotopic (exact) mass is 625 g/mol. The van der Waals surface area contributed by atoms with Crippen molar-refractivity contribution in [1.29, 1.82) is 0 Å². The Balaban J connectivity index is 1.28. The molecule has 0 N–H and O–H groups in total. The second-order valence-electron chi connectivity index (χ2n) is 10.5. The molecule has 7 rings (SSSR count). The van der Waals surface area contributed by atoms with Crippen molar-refractivity contribution >= 4 is 67.5 Å². The van der Waals surface area contributed by atoms with E-state index < -0.39 is 24.3 Å². The van der Waals surface area contributed by atoms with Crippen molar-refractivity contribution in [3.63, 3.8) is 0 Å². The van der Waals surface area contributed by atoms with Gasteiger partial charge in [0.2, 0.25) is 0 Å². The van der Waals surface area contributed by atoms with Crippen LogP contribution in [0.4, 0.5) is 11.4 Å². The standard InChI is InChI=1S/C38H32N2OP3/c41-44-39(35-25-13-15-27-37(35)42(31-17-5-1-6-18-31)32-19-7-2-8-20-32)29-30-40(44)36-26-14-16-28-38(36)43(33-21-9-3-10-22-33)34-23-11-4-12-24-34/h1-28H,29-30H2/q-1. The third-order valence-corrected chi connectivity index (χ3v) is 14.4. The highest BCUT2D eigenvalue weighted by molar-refractivity contribution is 7.80. The first-order chi connectivity index (χ1) is 21.8. The van der Waals surface area contributed by atoms with Gasteiger partial charge in [-0.15, -0.1) is 0 Å². The van der Waals surface area contributed by atoms with Gasteiger partial charge in [-0.2, -0.15) is 0 Å². The van der Waals surface area contributed by atoms with Crippen LogP contribution in [0.25, 0.3) is 0 Å². The van der Waals surface area contributed by atoms with Crippen LogP contribution >= 0.6 is 24.3 Å². The van der Waals surface area contributed by atoms with Crippen molar-refractivity contribution in [2.75, 3.05) is 22.4 Å². The first-order valence-corrected chi connectivity index (χ1v) is 18.6. The molecule has 0 aliphatic carbocycles. The maximum atomic E-state index is 14.6. The van der Waals surface area contributed by atoms with Crippen LogP contribution < -0.4 is 46.1 Å². The van der Waals surface area contributed by atoms with Gasteiger partial charge in [0.05, 0.1) is 0 Å². The molecule has 1 aliphatic heterocycles. The van der Waals surface area contributed by atoms with Crippen molar-refractivity contribution in [1.82, 2.24) is 0 Å². The summed E-state index contributed by atoms with van der Waals surface area (Å²) in [5.41, 5.74) is 2.11. The zero-order valence-corrected chi connectivity index (χ0v) is 26.9. The zero-order valence-electron chi connectivity index (χ0n) is 24.2. The van der Waals surface area contributed by atoms with Crippen LogP contribution in [0.5, 0.6) is 0 Å². The average molecular weight is 626 g/mol. The van der Waals surface area contributed by atoms with Crippen LogP contribution in [0.15, 0.2) is 170 Å². The summed E-state index contributed by atoms with van der Waals surface area (Å²) in [6, 6.07) is 60.1. The first-order valence-electron chi connectivity index (χ1n) is 14.8. The summed E-state index contributed by atoms with van der Waals surface area (Å²) >= 11 is 0. The van der Waals surface area contributed by atoms with Gasteiger partial charge in [0.1, 0.15) is 0 Å². The molecule has 0 bridgehead atoms. The average Bonchev–Trinajstić information content (AvgIpc) is 3.48. The van der Waals surface area contributed by atoms with Crippen molar-refractivity contribution in [2.45, 2.75) is 0 Å². The van der Waals surface area contributed by atoms with Gasteiger partial charge in [-0.1, -0.05) is 158 Å². The summed E-state index contributed by atoms with van der Waals surface area (Å²) in [5, 5.41) is 7.61. The van der Waals surface area contributed by atoms with E-state index in [2.05, 4.69) is 179 Å². The van der Waals surface area contributed by atoms with Crippen LogP contribution in [0.3, 0.4) is 0 Å². The summed E-state index contributed by atoms with van der Waals surface area (Å²) in [6.45, 7) is 1.39. The Morgan fingerprint density at radius 1 is 0.386 bits per heavy atom. The van der Waals surface area contributed by atoms with E-state index in [9.17, 15) is 4.89 Å². The summed E-state index contributed by atoms with van der Waals surface area (Å²) in [5.74, 6) is 0. The van der Waals surface area contributed by atoms with Gasteiger partial charge >= 0.3 is 0 Å². The molecule has 0 spiro atoms. The third kappa shape index (κ3) is 5.82. The molecule has 6 aromatic carbocycles. The fourth-order valence-corrected chi connectivity index (χ4v) is 12.4. The minimum absolute atomic E-state index is 0.696. The Morgan fingerprint density at radius 3 is 0.977 bits per heavy atom. The van der Waals surface area contributed by atoms with Crippen LogP contribution in [-0.4, -0.2) is 13.1 Å². The molecule has 0 saturated carbocycles. The van der Waals surface area contributed by atoms with E-state index in [0.29, 0.717) is 13.1 Å². The Kier molecular flexibility index (Phi) is 8.83. The van der Waals surface area contributed by atoms with Gasteiger partial charge in [0.25, 0.3) is 0 Å². The third-order valence-electron chi connectivity index (χ3n) is 7.80. The molecule has 0 unspecified atom stereocenters. The van der Waals surface area contributed by atoms with Crippen LogP contribution in [-0.2, 0) is 0 Å². The number of benzene rings is 6. The lowest BCUT2D eigenvalue weighted by atomic mass is 10.3. The quantitative estimate of drug-likeness (QED) is 0.191. The summed E-state index contributed by atoms with van der Waals surface area (Å²) in [4.78, 5) is 14.6. The Hall–Kier alpha value is -3.83. The topological polar surface area (TPSA) is 29.5 Å². The van der Waals surface area contributed by atoms with Crippen molar-refractivity contribution < 1.29 is 4.89 Å². The molecule has 216 valence electrons. The number of para-hydroxylation sites is 2. The lowest BCUT2D eigenvalue weighted by molar-refractivity contribution is -0.159. The van der Waals surface area contributed by atoms with Gasteiger partial charge in [0, 0.05) is 43.5 Å². The second-order valence-corrected chi connectivity index (χ2v) is 16.3. The molecule has 0 radical (unpaired) electrons. The molecule has 1 saturated heterocycles. The number of nitrogens with zero attached hydrogens (tertiary/aromatic N) is 2. The Labute approximate surface area is 263 Å². The summed E-state index contributed by atoms with van der Waals surface area (Å²) < 4.78 is 4.27. The molecule has 1 aliphatic rings. The molecule has 1 fully saturated rings. The van der Waals surface area contributed by atoms with Crippen molar-refractivity contribution in [2.24, 2.45) is 0 Å². The molecule has 1 heterocycles. The maximum Gasteiger partial charge on any atom is 0.0488 e. The first kappa shape index (κ1) is 28.9. The van der Waals surface area contributed by atoms with Gasteiger partial charge in [-0.05, 0) is 49.2 Å². The molecule has 6 aromatic rings. The molecular weight excluding hydrogens is 593 g/mol. The van der Waals surface area contributed by atoms with Gasteiger partial charge < -0.3 is 14.2 Å². The predicted octanol–water partition coefficient (Wildman–Crippen LogP) is 6.12. The van der Waals surface area contributed by atoms with Gasteiger partial charge in [-0.25, -0.2) is 0 Å². The smallest absolute Gasteiger partial charge is 0.0488 e. The molecule has 3 nitrogen and oxygen atoms in total. The molecule has 44 heavy (non-hydrogen) atoms. The molecule has 0 aromatic heterocycles. The number of rotatable bonds is 8. The van der Waals surface area contributed by atoms with E-state index in [0.717, 1.165) is 11.4 Å². The second kappa shape index (κ2) is 13.4. The zero-order chi connectivity index (χ0) is 29.7. The molecular formula is C38H32N2OP3-. The minimum atomic E-state index is -1.86. The van der Waals surface area contributed by atoms with Gasteiger partial charge in [-0.3, -0.25) is 0 Å². The summed E-state index contributed by atoms with van der Waals surface area (Å²) in [7, 11) is -3.53. The van der Waals surface area contributed by atoms with Crippen molar-refractivity contribution in [3.8, 4) is 0 Å². The summed E-state index contributed by atoms with van der Waals surface area (Å²) in [6.07, 6.45) is 0. The minimum Gasteiger partial charge on any atom is -0.796 e.